The van der Waals surface area contributed by atoms with E-state index < -0.39 is 0 Å². The summed E-state index contributed by atoms with van der Waals surface area (Å²) in [5.74, 6) is 3.29. The van der Waals surface area contributed by atoms with Gasteiger partial charge in [-0.25, -0.2) is 0 Å². The highest BCUT2D eigenvalue weighted by atomic mass is 32.2. The minimum Gasteiger partial charge on any atom is -0.491 e. The molecule has 0 spiro atoms. The maximum atomic E-state index is 12.5. The highest BCUT2D eigenvalue weighted by Gasteiger charge is 2.29. The van der Waals surface area contributed by atoms with Crippen LogP contribution in [0.5, 0.6) is 5.75 Å². The highest BCUT2D eigenvalue weighted by molar-refractivity contribution is 8.07. The minimum atomic E-state index is 0.0932. The molecule has 1 saturated heterocycles. The van der Waals surface area contributed by atoms with E-state index in [0.29, 0.717) is 5.25 Å². The third-order valence-electron chi connectivity index (χ3n) is 2.96. The van der Waals surface area contributed by atoms with Crippen molar-refractivity contribution in [3.05, 3.63) is 29.8 Å². The molecular weight excluding hydrogens is 276 g/mol. The normalized spacial score (nSPS) is 23.4. The van der Waals surface area contributed by atoms with Crippen LogP contribution in [0.25, 0.3) is 0 Å². The van der Waals surface area contributed by atoms with Crippen LogP contribution < -0.4 is 4.74 Å². The zero-order valence-corrected chi connectivity index (χ0v) is 13.2. The summed E-state index contributed by atoms with van der Waals surface area (Å²) >= 11 is 3.68. The minimum absolute atomic E-state index is 0.0932. The smallest absolute Gasteiger partial charge is 0.176 e. The molecule has 1 heterocycles. The molecule has 1 fully saturated rings. The van der Waals surface area contributed by atoms with Crippen LogP contribution in [0.15, 0.2) is 24.3 Å². The molecule has 0 amide bonds. The first kappa shape index (κ1) is 14.8. The number of carbonyl (C=O) groups excluding carboxylic acids is 1. The highest BCUT2D eigenvalue weighted by Crippen LogP contribution is 2.33. The summed E-state index contributed by atoms with van der Waals surface area (Å²) in [6.07, 6.45) is 0.159. The summed E-state index contributed by atoms with van der Waals surface area (Å²) in [5, 5.41) is 0.494. The molecule has 1 aromatic rings. The second kappa shape index (κ2) is 6.71. The SMILES string of the molecule is CC(C)Oc1ccc(C(=O)C2SCCSC2C)cc1. The summed E-state index contributed by atoms with van der Waals surface area (Å²) in [6.45, 7) is 6.14. The van der Waals surface area contributed by atoms with Crippen LogP contribution in [-0.2, 0) is 0 Å². The van der Waals surface area contributed by atoms with E-state index in [9.17, 15) is 4.79 Å². The number of thioether (sulfide) groups is 2. The van der Waals surface area contributed by atoms with E-state index in [2.05, 4.69) is 6.92 Å². The van der Waals surface area contributed by atoms with Crippen molar-refractivity contribution < 1.29 is 9.53 Å². The van der Waals surface area contributed by atoms with E-state index >= 15 is 0 Å². The van der Waals surface area contributed by atoms with Gasteiger partial charge in [0.05, 0.1) is 11.4 Å². The first-order chi connectivity index (χ1) is 9.08. The molecule has 0 aromatic heterocycles. The van der Waals surface area contributed by atoms with Crippen LogP contribution in [0.3, 0.4) is 0 Å². The molecule has 0 aliphatic carbocycles. The third-order valence-corrected chi connectivity index (χ3v) is 6.05. The van der Waals surface area contributed by atoms with Gasteiger partial charge in [-0.1, -0.05) is 6.92 Å². The summed E-state index contributed by atoms with van der Waals surface area (Å²) in [5.41, 5.74) is 0.794. The maximum Gasteiger partial charge on any atom is 0.176 e. The second-order valence-electron chi connectivity index (χ2n) is 4.92. The van der Waals surface area contributed by atoms with E-state index in [1.54, 1.807) is 11.8 Å². The van der Waals surface area contributed by atoms with E-state index in [0.717, 1.165) is 22.8 Å². The topological polar surface area (TPSA) is 26.3 Å². The summed E-state index contributed by atoms with van der Waals surface area (Å²) in [7, 11) is 0. The number of ketones is 1. The maximum absolute atomic E-state index is 12.5. The number of hydrogen-bond acceptors (Lipinski definition) is 4. The Labute approximate surface area is 123 Å². The molecule has 1 aliphatic rings. The molecule has 0 bridgehead atoms. The van der Waals surface area contributed by atoms with Crippen molar-refractivity contribution >= 4 is 29.3 Å². The summed E-state index contributed by atoms with van der Waals surface area (Å²) in [4.78, 5) is 12.5. The van der Waals surface area contributed by atoms with Crippen LogP contribution >= 0.6 is 23.5 Å². The molecule has 0 saturated carbocycles. The lowest BCUT2D eigenvalue weighted by Gasteiger charge is -2.26. The van der Waals surface area contributed by atoms with E-state index in [4.69, 9.17) is 4.74 Å². The molecule has 2 unspecified atom stereocenters. The first-order valence-electron chi connectivity index (χ1n) is 6.62. The van der Waals surface area contributed by atoms with E-state index in [1.165, 1.54) is 0 Å². The van der Waals surface area contributed by atoms with Gasteiger partial charge in [0, 0.05) is 22.3 Å². The number of benzene rings is 1. The second-order valence-corrected chi connectivity index (χ2v) is 7.66. The molecular formula is C15H20O2S2. The lowest BCUT2D eigenvalue weighted by Crippen LogP contribution is -2.31. The van der Waals surface area contributed by atoms with E-state index in [1.807, 2.05) is 49.9 Å². The van der Waals surface area contributed by atoms with Gasteiger partial charge in [-0.3, -0.25) is 4.79 Å². The standard InChI is InChI=1S/C15H20O2S2/c1-10(2)17-13-6-4-12(5-7-13)14(16)15-11(3)18-8-9-19-15/h4-7,10-11,15H,8-9H2,1-3H3. The molecule has 19 heavy (non-hydrogen) atoms. The van der Waals surface area contributed by atoms with Crippen molar-refractivity contribution in [2.75, 3.05) is 11.5 Å². The van der Waals surface area contributed by atoms with Crippen molar-refractivity contribution in [3.63, 3.8) is 0 Å². The van der Waals surface area contributed by atoms with Gasteiger partial charge in [0.15, 0.2) is 5.78 Å². The molecule has 2 rings (SSSR count). The Hall–Kier alpha value is -0.610. The van der Waals surface area contributed by atoms with Crippen molar-refractivity contribution in [2.24, 2.45) is 0 Å². The molecule has 1 aliphatic heterocycles. The van der Waals surface area contributed by atoms with E-state index in [-0.39, 0.29) is 17.1 Å². The zero-order valence-electron chi connectivity index (χ0n) is 11.6. The largest absolute Gasteiger partial charge is 0.491 e. The van der Waals surface area contributed by atoms with Gasteiger partial charge in [-0.15, -0.1) is 11.8 Å². The lowest BCUT2D eigenvalue weighted by molar-refractivity contribution is 0.0989. The van der Waals surface area contributed by atoms with Gasteiger partial charge < -0.3 is 4.74 Å². The van der Waals surface area contributed by atoms with Gasteiger partial charge in [-0.05, 0) is 38.1 Å². The third kappa shape index (κ3) is 3.93. The Kier molecular flexibility index (Phi) is 5.22. The number of ether oxygens (including phenoxy) is 1. The van der Waals surface area contributed by atoms with Crippen LogP contribution in [0.4, 0.5) is 0 Å². The fourth-order valence-electron chi connectivity index (χ4n) is 2.06. The molecule has 0 N–H and O–H groups in total. The van der Waals surface area contributed by atoms with Crippen LogP contribution in [0, 0.1) is 0 Å². The number of Topliss-reactive ketones (excluding diaryl/α,β-unsaturated/α-hetero) is 1. The van der Waals surface area contributed by atoms with Crippen molar-refractivity contribution in [1.82, 2.24) is 0 Å². The number of rotatable bonds is 4. The average molecular weight is 296 g/mol. The number of hydrogen-bond donors (Lipinski definition) is 0. The monoisotopic (exact) mass is 296 g/mol. The fraction of sp³-hybridized carbons (Fsp3) is 0.533. The van der Waals surface area contributed by atoms with Gasteiger partial charge in [-0.2, -0.15) is 11.8 Å². The van der Waals surface area contributed by atoms with Gasteiger partial charge in [0.25, 0.3) is 0 Å². The first-order valence-corrected chi connectivity index (χ1v) is 8.72. The molecule has 2 nitrogen and oxygen atoms in total. The Bertz CT molecular complexity index is 428. The molecule has 0 radical (unpaired) electrons. The van der Waals surface area contributed by atoms with Crippen molar-refractivity contribution in [2.45, 2.75) is 37.4 Å². The van der Waals surface area contributed by atoms with Gasteiger partial charge in [0.2, 0.25) is 0 Å². The number of carbonyl (C=O) groups is 1. The van der Waals surface area contributed by atoms with Crippen LogP contribution in [0.2, 0.25) is 0 Å². The summed E-state index contributed by atoms with van der Waals surface area (Å²) in [6, 6.07) is 7.54. The Morgan fingerprint density at radius 1 is 1.21 bits per heavy atom. The molecule has 4 heteroatoms. The fourth-order valence-corrected chi connectivity index (χ4v) is 4.78. The Morgan fingerprint density at radius 3 is 2.42 bits per heavy atom. The molecule has 1 aromatic carbocycles. The molecule has 104 valence electrons. The Balaban J connectivity index is 2.06. The summed E-state index contributed by atoms with van der Waals surface area (Å²) < 4.78 is 5.59. The van der Waals surface area contributed by atoms with Crippen molar-refractivity contribution in [1.29, 1.82) is 0 Å². The quantitative estimate of drug-likeness (QED) is 0.787. The van der Waals surface area contributed by atoms with Gasteiger partial charge >= 0.3 is 0 Å². The molecule has 2 atom stereocenters. The average Bonchev–Trinajstić information content (AvgIpc) is 2.39. The zero-order chi connectivity index (χ0) is 13.8. The predicted octanol–water partition coefficient (Wildman–Crippen LogP) is 3.89. The Morgan fingerprint density at radius 2 is 1.84 bits per heavy atom. The lowest BCUT2D eigenvalue weighted by atomic mass is 10.1. The van der Waals surface area contributed by atoms with Gasteiger partial charge in [0.1, 0.15) is 5.75 Å². The van der Waals surface area contributed by atoms with Crippen LogP contribution in [0.1, 0.15) is 31.1 Å². The van der Waals surface area contributed by atoms with Crippen molar-refractivity contribution in [3.8, 4) is 5.75 Å². The predicted molar refractivity (Wildman–Crippen MR) is 84.7 cm³/mol. The van der Waals surface area contributed by atoms with Crippen LogP contribution in [-0.4, -0.2) is 33.9 Å².